The third-order valence-electron chi connectivity index (χ3n) is 3.64. The number of benzene rings is 1. The van der Waals surface area contributed by atoms with E-state index in [0.717, 1.165) is 31.2 Å². The molecule has 0 unspecified atom stereocenters. The van der Waals surface area contributed by atoms with Gasteiger partial charge in [-0.25, -0.2) is 9.18 Å². The second-order valence-electron chi connectivity index (χ2n) is 4.97. The molecule has 0 saturated heterocycles. The number of rotatable bonds is 4. The summed E-state index contributed by atoms with van der Waals surface area (Å²) in [5, 5.41) is 5.75. The van der Waals surface area contributed by atoms with Crippen LogP contribution in [-0.2, 0) is 5.54 Å². The summed E-state index contributed by atoms with van der Waals surface area (Å²) in [5.74, 6) is -0.260. The van der Waals surface area contributed by atoms with E-state index in [0.29, 0.717) is 13.1 Å². The number of carbonyl (C=O) groups is 1. The molecule has 0 aliphatic heterocycles. The lowest BCUT2D eigenvalue weighted by Crippen LogP contribution is -2.49. The summed E-state index contributed by atoms with van der Waals surface area (Å²) in [7, 11) is 0. The molecule has 4 nitrogen and oxygen atoms in total. The summed E-state index contributed by atoms with van der Waals surface area (Å²) < 4.78 is 13.0. The summed E-state index contributed by atoms with van der Waals surface area (Å²) in [6.45, 7) is 0.863. The van der Waals surface area contributed by atoms with Crippen molar-refractivity contribution >= 4 is 6.03 Å². The monoisotopic (exact) mass is 265 g/mol. The highest BCUT2D eigenvalue weighted by atomic mass is 19.1. The predicted octanol–water partition coefficient (Wildman–Crippen LogP) is 1.85. The zero-order valence-corrected chi connectivity index (χ0v) is 10.9. The molecule has 0 radical (unpaired) electrons. The molecule has 19 heavy (non-hydrogen) atoms. The molecule has 5 heteroatoms. The number of urea groups is 1. The van der Waals surface area contributed by atoms with Gasteiger partial charge in [0.1, 0.15) is 5.82 Å². The van der Waals surface area contributed by atoms with Crippen molar-refractivity contribution in [1.82, 2.24) is 10.6 Å². The minimum atomic E-state index is -0.369. The summed E-state index contributed by atoms with van der Waals surface area (Å²) >= 11 is 0. The molecule has 1 aromatic carbocycles. The summed E-state index contributed by atoms with van der Waals surface area (Å²) in [4.78, 5) is 11.9. The Bertz CT molecular complexity index is 427. The number of hydrogen-bond donors (Lipinski definition) is 3. The molecule has 1 aromatic rings. The maximum Gasteiger partial charge on any atom is 0.315 e. The van der Waals surface area contributed by atoms with Gasteiger partial charge in [0.25, 0.3) is 0 Å². The van der Waals surface area contributed by atoms with Crippen molar-refractivity contribution in [2.24, 2.45) is 5.73 Å². The van der Waals surface area contributed by atoms with Gasteiger partial charge in [-0.15, -0.1) is 0 Å². The van der Waals surface area contributed by atoms with Gasteiger partial charge in [0.15, 0.2) is 0 Å². The maximum absolute atomic E-state index is 13.0. The molecule has 0 bridgehead atoms. The topological polar surface area (TPSA) is 67.1 Å². The van der Waals surface area contributed by atoms with E-state index >= 15 is 0 Å². The van der Waals surface area contributed by atoms with E-state index in [1.54, 1.807) is 12.1 Å². The summed E-state index contributed by atoms with van der Waals surface area (Å²) in [5.41, 5.74) is 5.96. The van der Waals surface area contributed by atoms with Crippen LogP contribution in [0.25, 0.3) is 0 Å². The van der Waals surface area contributed by atoms with Crippen molar-refractivity contribution < 1.29 is 9.18 Å². The second-order valence-corrected chi connectivity index (χ2v) is 4.97. The van der Waals surface area contributed by atoms with Gasteiger partial charge in [-0.2, -0.15) is 0 Å². The minimum absolute atomic E-state index is 0.211. The van der Waals surface area contributed by atoms with Crippen LogP contribution in [0.2, 0.25) is 0 Å². The van der Waals surface area contributed by atoms with Gasteiger partial charge in [0.05, 0.1) is 5.54 Å². The molecular weight excluding hydrogens is 245 g/mol. The van der Waals surface area contributed by atoms with Crippen LogP contribution < -0.4 is 16.4 Å². The Hall–Kier alpha value is -1.62. The highest BCUT2D eigenvalue weighted by Gasteiger charge is 2.36. The van der Waals surface area contributed by atoms with Crippen molar-refractivity contribution in [1.29, 1.82) is 0 Å². The lowest BCUT2D eigenvalue weighted by molar-refractivity contribution is 0.225. The number of halogens is 1. The Labute approximate surface area is 112 Å². The Kier molecular flexibility index (Phi) is 4.37. The summed E-state index contributed by atoms with van der Waals surface area (Å²) in [6, 6.07) is 6.17. The fraction of sp³-hybridized carbons (Fsp3) is 0.500. The lowest BCUT2D eigenvalue weighted by atomic mass is 9.88. The van der Waals surface area contributed by atoms with Crippen molar-refractivity contribution in [3.05, 3.63) is 35.6 Å². The lowest BCUT2D eigenvalue weighted by Gasteiger charge is -2.31. The van der Waals surface area contributed by atoms with Gasteiger partial charge < -0.3 is 16.4 Å². The average molecular weight is 265 g/mol. The smallest absolute Gasteiger partial charge is 0.315 e. The fourth-order valence-corrected chi connectivity index (χ4v) is 2.68. The van der Waals surface area contributed by atoms with E-state index in [4.69, 9.17) is 5.73 Å². The molecule has 2 rings (SSSR count). The largest absolute Gasteiger partial charge is 0.337 e. The normalized spacial score (nSPS) is 17.2. The van der Waals surface area contributed by atoms with Crippen molar-refractivity contribution in [3.8, 4) is 0 Å². The first-order chi connectivity index (χ1) is 9.16. The number of nitrogens with two attached hydrogens (primary N) is 1. The molecule has 4 N–H and O–H groups in total. The second kappa shape index (κ2) is 6.02. The fourth-order valence-electron chi connectivity index (χ4n) is 2.68. The molecule has 104 valence electrons. The van der Waals surface area contributed by atoms with E-state index in [1.807, 2.05) is 0 Å². The Morgan fingerprint density at radius 3 is 2.47 bits per heavy atom. The zero-order valence-electron chi connectivity index (χ0n) is 10.9. The van der Waals surface area contributed by atoms with Gasteiger partial charge in [-0.1, -0.05) is 25.0 Å². The van der Waals surface area contributed by atoms with Crippen LogP contribution in [0.1, 0.15) is 31.2 Å². The van der Waals surface area contributed by atoms with Gasteiger partial charge >= 0.3 is 6.03 Å². The van der Waals surface area contributed by atoms with E-state index in [-0.39, 0.29) is 17.4 Å². The number of carbonyl (C=O) groups excluding carboxylic acids is 1. The number of nitrogens with one attached hydrogen (secondary N) is 2. The van der Waals surface area contributed by atoms with Crippen LogP contribution in [-0.4, -0.2) is 19.1 Å². The quantitative estimate of drug-likeness (QED) is 0.777. The first kappa shape index (κ1) is 13.8. The third kappa shape index (κ3) is 3.23. The van der Waals surface area contributed by atoms with Crippen LogP contribution in [0.3, 0.4) is 0 Å². The van der Waals surface area contributed by atoms with Crippen LogP contribution in [0.15, 0.2) is 24.3 Å². The van der Waals surface area contributed by atoms with Gasteiger partial charge in [0.2, 0.25) is 0 Å². The molecule has 0 aromatic heterocycles. The third-order valence-corrected chi connectivity index (χ3v) is 3.64. The Balaban J connectivity index is 2.13. The van der Waals surface area contributed by atoms with Gasteiger partial charge in [-0.3, -0.25) is 0 Å². The standard InChI is InChI=1S/C14H20FN3O/c15-12-5-3-11(4-6-12)14(7-1-2-8-14)18-13(19)17-10-9-16/h3-6H,1-2,7-10,16H2,(H2,17,18,19). The molecule has 0 heterocycles. The Morgan fingerprint density at radius 2 is 1.89 bits per heavy atom. The first-order valence-corrected chi connectivity index (χ1v) is 6.68. The number of hydrogen-bond acceptors (Lipinski definition) is 2. The molecule has 0 spiro atoms. The van der Waals surface area contributed by atoms with E-state index in [2.05, 4.69) is 10.6 Å². The van der Waals surface area contributed by atoms with Crippen LogP contribution >= 0.6 is 0 Å². The zero-order chi connectivity index (χ0) is 13.7. The molecule has 1 fully saturated rings. The summed E-state index contributed by atoms with van der Waals surface area (Å²) in [6.07, 6.45) is 3.90. The van der Waals surface area contributed by atoms with Gasteiger partial charge in [0, 0.05) is 13.1 Å². The van der Waals surface area contributed by atoms with E-state index < -0.39 is 0 Å². The SMILES string of the molecule is NCCNC(=O)NC1(c2ccc(F)cc2)CCCC1. The Morgan fingerprint density at radius 1 is 1.26 bits per heavy atom. The van der Waals surface area contributed by atoms with E-state index in [1.165, 1.54) is 12.1 Å². The van der Waals surface area contributed by atoms with Crippen molar-refractivity contribution in [3.63, 3.8) is 0 Å². The highest BCUT2D eigenvalue weighted by Crippen LogP contribution is 2.38. The number of amides is 2. The molecule has 1 saturated carbocycles. The van der Waals surface area contributed by atoms with Crippen LogP contribution in [0, 0.1) is 5.82 Å². The van der Waals surface area contributed by atoms with Gasteiger partial charge in [-0.05, 0) is 30.5 Å². The van der Waals surface area contributed by atoms with Crippen LogP contribution in [0.4, 0.5) is 9.18 Å². The predicted molar refractivity (Wildman–Crippen MR) is 72.1 cm³/mol. The molecule has 0 atom stereocenters. The van der Waals surface area contributed by atoms with E-state index in [9.17, 15) is 9.18 Å². The van der Waals surface area contributed by atoms with Crippen molar-refractivity contribution in [2.45, 2.75) is 31.2 Å². The van der Waals surface area contributed by atoms with Crippen LogP contribution in [0.5, 0.6) is 0 Å². The highest BCUT2D eigenvalue weighted by molar-refractivity contribution is 5.75. The molecule has 1 aliphatic carbocycles. The minimum Gasteiger partial charge on any atom is -0.337 e. The molecule has 2 amide bonds. The average Bonchev–Trinajstić information content (AvgIpc) is 2.86. The molecular formula is C14H20FN3O. The van der Waals surface area contributed by atoms with Crippen molar-refractivity contribution in [2.75, 3.05) is 13.1 Å². The molecule has 1 aliphatic rings. The first-order valence-electron chi connectivity index (χ1n) is 6.68. The maximum atomic E-state index is 13.0.